The van der Waals surface area contributed by atoms with Crippen LogP contribution in [0.4, 0.5) is 0 Å². The number of rotatable bonds is 5. The molecule has 0 atom stereocenters. The summed E-state index contributed by atoms with van der Waals surface area (Å²) in [5.41, 5.74) is 1.20. The first-order valence-electron chi connectivity index (χ1n) is 10.8. The molecule has 0 N–H and O–H groups in total. The summed E-state index contributed by atoms with van der Waals surface area (Å²) in [6.07, 6.45) is 4.27. The average molecular weight is 440 g/mol. The number of hydrogen-bond acceptors (Lipinski definition) is 5. The van der Waals surface area contributed by atoms with E-state index in [4.69, 9.17) is 4.74 Å². The van der Waals surface area contributed by atoms with E-state index in [1.54, 1.807) is 32.4 Å². The third kappa shape index (κ3) is 4.14. The second-order valence-corrected chi connectivity index (χ2v) is 10.1. The average Bonchev–Trinajstić information content (AvgIpc) is 2.98. The minimum atomic E-state index is -3.88. The number of nitrogens with zero attached hydrogens (tertiary/aromatic N) is 3. The van der Waals surface area contributed by atoms with Crippen molar-refractivity contribution < 1.29 is 22.7 Å². The molecule has 1 aromatic rings. The highest BCUT2D eigenvalue weighted by atomic mass is 32.2. The molecule has 0 bridgehead atoms. The van der Waals surface area contributed by atoms with Crippen molar-refractivity contribution in [3.63, 3.8) is 0 Å². The van der Waals surface area contributed by atoms with Crippen LogP contribution in [0, 0.1) is 19.8 Å². The topological polar surface area (TPSA) is 88.9 Å². The quantitative estimate of drug-likeness (QED) is 0.657. The van der Waals surface area contributed by atoms with E-state index in [1.165, 1.54) is 10.7 Å². The van der Waals surface area contributed by atoms with Gasteiger partial charge < -0.3 is 14.2 Å². The van der Waals surface area contributed by atoms with Crippen LogP contribution in [0.1, 0.15) is 60.8 Å². The van der Waals surface area contributed by atoms with E-state index in [9.17, 15) is 18.0 Å². The molecular formula is C21H33N3O5S. The van der Waals surface area contributed by atoms with Gasteiger partial charge >= 0.3 is 5.97 Å². The number of piperidine rings is 2. The molecule has 2 saturated heterocycles. The first-order chi connectivity index (χ1) is 14.2. The van der Waals surface area contributed by atoms with E-state index in [-0.39, 0.29) is 42.0 Å². The predicted octanol–water partition coefficient (Wildman–Crippen LogP) is 2.23. The maximum absolute atomic E-state index is 13.5. The zero-order valence-electron chi connectivity index (χ0n) is 18.4. The van der Waals surface area contributed by atoms with Gasteiger partial charge in [0.25, 0.3) is 0 Å². The number of ether oxygens (including phenoxy) is 1. The van der Waals surface area contributed by atoms with Crippen LogP contribution in [-0.4, -0.2) is 66.9 Å². The lowest BCUT2D eigenvalue weighted by Gasteiger charge is -2.35. The van der Waals surface area contributed by atoms with Gasteiger partial charge in [-0.2, -0.15) is 4.31 Å². The number of carbonyl (C=O) groups is 2. The highest BCUT2D eigenvalue weighted by molar-refractivity contribution is 7.89. The highest BCUT2D eigenvalue weighted by Crippen LogP contribution is 2.32. The Kier molecular flexibility index (Phi) is 6.91. The van der Waals surface area contributed by atoms with E-state index in [0.717, 1.165) is 25.9 Å². The molecule has 0 aliphatic carbocycles. The SMILES string of the molecule is CCOC(=O)c1c(S(=O)(=O)N2CCC(C(=O)N3CCCCC3)CC2)c(C)n(C)c1C. The molecule has 30 heavy (non-hydrogen) atoms. The second-order valence-electron chi connectivity index (χ2n) is 8.22. The number of likely N-dealkylation sites (tertiary alicyclic amines) is 1. The molecule has 1 amide bonds. The zero-order valence-corrected chi connectivity index (χ0v) is 19.3. The highest BCUT2D eigenvalue weighted by Gasteiger charge is 2.38. The van der Waals surface area contributed by atoms with Gasteiger partial charge in [-0.25, -0.2) is 13.2 Å². The molecule has 168 valence electrons. The van der Waals surface area contributed by atoms with Crippen molar-refractivity contribution in [2.75, 3.05) is 32.8 Å². The fourth-order valence-electron chi connectivity index (χ4n) is 4.52. The van der Waals surface area contributed by atoms with Gasteiger partial charge in [0.15, 0.2) is 0 Å². The molecular weight excluding hydrogens is 406 g/mol. The Balaban J connectivity index is 1.80. The van der Waals surface area contributed by atoms with E-state index in [1.807, 2.05) is 4.90 Å². The molecule has 2 aliphatic heterocycles. The van der Waals surface area contributed by atoms with E-state index in [2.05, 4.69) is 0 Å². The maximum atomic E-state index is 13.5. The van der Waals surface area contributed by atoms with Crippen molar-refractivity contribution in [2.24, 2.45) is 13.0 Å². The molecule has 9 heteroatoms. The predicted molar refractivity (Wildman–Crippen MR) is 113 cm³/mol. The molecule has 0 aromatic carbocycles. The van der Waals surface area contributed by atoms with Crippen molar-refractivity contribution in [2.45, 2.75) is 57.8 Å². The number of esters is 1. The minimum absolute atomic E-state index is 0.0294. The summed E-state index contributed by atoms with van der Waals surface area (Å²) in [6, 6.07) is 0. The summed E-state index contributed by atoms with van der Waals surface area (Å²) in [4.78, 5) is 27.3. The number of hydrogen-bond donors (Lipinski definition) is 0. The van der Waals surface area contributed by atoms with Gasteiger partial charge in [-0.05, 0) is 52.9 Å². The van der Waals surface area contributed by atoms with Gasteiger partial charge in [0.1, 0.15) is 10.5 Å². The summed E-state index contributed by atoms with van der Waals surface area (Å²) >= 11 is 0. The van der Waals surface area contributed by atoms with E-state index >= 15 is 0 Å². The monoisotopic (exact) mass is 439 g/mol. The van der Waals surface area contributed by atoms with Crippen LogP contribution in [-0.2, 0) is 26.6 Å². The second kappa shape index (κ2) is 9.09. The lowest BCUT2D eigenvalue weighted by atomic mass is 9.95. The third-order valence-electron chi connectivity index (χ3n) is 6.47. The molecule has 8 nitrogen and oxygen atoms in total. The Hall–Kier alpha value is -1.87. The van der Waals surface area contributed by atoms with Crippen LogP contribution in [0.15, 0.2) is 4.90 Å². The summed E-state index contributed by atoms with van der Waals surface area (Å²) in [5.74, 6) is -0.587. The van der Waals surface area contributed by atoms with Crippen molar-refractivity contribution in [3.8, 4) is 0 Å². The Morgan fingerprint density at radius 2 is 1.60 bits per heavy atom. The normalized spacial score (nSPS) is 19.1. The minimum Gasteiger partial charge on any atom is -0.462 e. The Morgan fingerprint density at radius 3 is 2.17 bits per heavy atom. The number of amides is 1. The van der Waals surface area contributed by atoms with Crippen molar-refractivity contribution in [1.82, 2.24) is 13.8 Å². The van der Waals surface area contributed by atoms with E-state index in [0.29, 0.717) is 24.2 Å². The Bertz CT molecular complexity index is 908. The molecule has 0 spiro atoms. The van der Waals surface area contributed by atoms with Crippen molar-refractivity contribution in [1.29, 1.82) is 0 Å². The summed E-state index contributed by atoms with van der Waals surface area (Å²) in [5, 5.41) is 0. The van der Waals surface area contributed by atoms with Gasteiger partial charge in [0.2, 0.25) is 15.9 Å². The summed E-state index contributed by atoms with van der Waals surface area (Å²) in [7, 11) is -2.13. The largest absolute Gasteiger partial charge is 0.462 e. The van der Waals surface area contributed by atoms with Gasteiger partial charge in [0, 0.05) is 50.5 Å². The Morgan fingerprint density at radius 1 is 1.00 bits per heavy atom. The van der Waals surface area contributed by atoms with Crippen LogP contribution < -0.4 is 0 Å². The van der Waals surface area contributed by atoms with Gasteiger partial charge in [0.05, 0.1) is 6.61 Å². The van der Waals surface area contributed by atoms with Gasteiger partial charge in [-0.15, -0.1) is 0 Å². The summed E-state index contributed by atoms with van der Waals surface area (Å²) < 4.78 is 35.2. The van der Waals surface area contributed by atoms with Crippen LogP contribution in [0.25, 0.3) is 0 Å². The van der Waals surface area contributed by atoms with E-state index < -0.39 is 16.0 Å². The van der Waals surface area contributed by atoms with Crippen LogP contribution >= 0.6 is 0 Å². The molecule has 0 radical (unpaired) electrons. The van der Waals surface area contributed by atoms with Crippen LogP contribution in [0.5, 0.6) is 0 Å². The third-order valence-corrected chi connectivity index (χ3v) is 8.53. The fourth-order valence-corrected chi connectivity index (χ4v) is 6.47. The molecule has 1 aromatic heterocycles. The summed E-state index contributed by atoms with van der Waals surface area (Å²) in [6.45, 7) is 7.48. The van der Waals surface area contributed by atoms with Gasteiger partial charge in [-0.1, -0.05) is 0 Å². The van der Waals surface area contributed by atoms with Crippen LogP contribution in [0.3, 0.4) is 0 Å². The molecule has 2 aliphatic rings. The standard InChI is InChI=1S/C21H33N3O5S/c1-5-29-21(26)18-15(2)22(4)16(3)19(18)30(27,28)24-13-9-17(10-14-24)20(25)23-11-7-6-8-12-23/h17H,5-14H2,1-4H3. The first kappa shape index (κ1) is 22.8. The molecule has 2 fully saturated rings. The molecule has 3 rings (SSSR count). The van der Waals surface area contributed by atoms with Crippen molar-refractivity contribution >= 4 is 21.9 Å². The smallest absolute Gasteiger partial charge is 0.341 e. The first-order valence-corrected chi connectivity index (χ1v) is 12.3. The number of carbonyl (C=O) groups excluding carboxylic acids is 2. The fraction of sp³-hybridized carbons (Fsp3) is 0.714. The lowest BCUT2D eigenvalue weighted by Crippen LogP contribution is -2.45. The molecule has 3 heterocycles. The molecule has 0 unspecified atom stereocenters. The maximum Gasteiger partial charge on any atom is 0.341 e. The lowest BCUT2D eigenvalue weighted by molar-refractivity contribution is -0.137. The van der Waals surface area contributed by atoms with Crippen molar-refractivity contribution in [3.05, 3.63) is 17.0 Å². The Labute approximate surface area is 179 Å². The molecule has 0 saturated carbocycles. The van der Waals surface area contributed by atoms with Gasteiger partial charge in [-0.3, -0.25) is 4.79 Å². The zero-order chi connectivity index (χ0) is 22.1. The van der Waals surface area contributed by atoms with Crippen LogP contribution in [0.2, 0.25) is 0 Å². The number of sulfonamides is 1. The number of aromatic nitrogens is 1.